The number of hydrogen-bond acceptors (Lipinski definition) is 4. The number of amides is 3. The number of anilines is 1. The molecule has 1 atom stereocenters. The van der Waals surface area contributed by atoms with Gasteiger partial charge in [-0.2, -0.15) is 0 Å². The van der Waals surface area contributed by atoms with Crippen molar-refractivity contribution in [2.75, 3.05) is 38.0 Å². The number of carbonyl (C=O) groups excluding carboxylic acids is 3. The van der Waals surface area contributed by atoms with Crippen LogP contribution >= 0.6 is 12.4 Å². The van der Waals surface area contributed by atoms with Crippen molar-refractivity contribution >= 4 is 35.8 Å². The van der Waals surface area contributed by atoms with Gasteiger partial charge < -0.3 is 20.4 Å². The van der Waals surface area contributed by atoms with Crippen LogP contribution in [0.2, 0.25) is 0 Å². The molecular weight excluding hydrogens is 387 g/mol. The van der Waals surface area contributed by atoms with E-state index in [9.17, 15) is 18.8 Å². The van der Waals surface area contributed by atoms with E-state index in [1.165, 1.54) is 6.07 Å². The summed E-state index contributed by atoms with van der Waals surface area (Å²) in [4.78, 5) is 40.1. The normalized spacial score (nSPS) is 22.2. The average molecular weight is 411 g/mol. The fraction of sp³-hybridized carbons (Fsp3) is 0.526. The molecule has 0 radical (unpaired) electrons. The summed E-state index contributed by atoms with van der Waals surface area (Å²) in [5.41, 5.74) is 1.27. The number of piperidine rings is 1. The Labute approximate surface area is 169 Å². The minimum atomic E-state index is -0.624. The molecular formula is C19H24ClFN4O3. The van der Waals surface area contributed by atoms with Gasteiger partial charge in [0.25, 0.3) is 5.91 Å². The quantitative estimate of drug-likeness (QED) is 0.766. The van der Waals surface area contributed by atoms with Crippen LogP contribution in [0.3, 0.4) is 0 Å². The van der Waals surface area contributed by atoms with Crippen molar-refractivity contribution in [3.8, 4) is 0 Å². The topological polar surface area (TPSA) is 81.8 Å². The molecule has 1 aromatic rings. The number of halogens is 2. The summed E-state index contributed by atoms with van der Waals surface area (Å²) in [6.07, 6.45) is 2.48. The van der Waals surface area contributed by atoms with Gasteiger partial charge in [-0.3, -0.25) is 14.4 Å². The fourth-order valence-corrected chi connectivity index (χ4v) is 4.14. The van der Waals surface area contributed by atoms with Crippen molar-refractivity contribution in [3.63, 3.8) is 0 Å². The first-order chi connectivity index (χ1) is 13.0. The monoisotopic (exact) mass is 410 g/mol. The van der Waals surface area contributed by atoms with Crippen LogP contribution in [0.1, 0.15) is 35.2 Å². The molecule has 9 heteroatoms. The molecule has 3 aliphatic heterocycles. The van der Waals surface area contributed by atoms with E-state index in [0.717, 1.165) is 24.9 Å². The van der Waals surface area contributed by atoms with Gasteiger partial charge in [-0.1, -0.05) is 0 Å². The van der Waals surface area contributed by atoms with Crippen molar-refractivity contribution in [2.45, 2.75) is 31.7 Å². The molecule has 3 heterocycles. The summed E-state index contributed by atoms with van der Waals surface area (Å²) in [6, 6.07) is 2.78. The largest absolute Gasteiger partial charge is 0.336 e. The Morgan fingerprint density at radius 3 is 2.79 bits per heavy atom. The average Bonchev–Trinajstić information content (AvgIpc) is 2.67. The fourth-order valence-electron chi connectivity index (χ4n) is 4.14. The summed E-state index contributed by atoms with van der Waals surface area (Å²) < 4.78 is 14.6. The van der Waals surface area contributed by atoms with Gasteiger partial charge in [0.2, 0.25) is 11.8 Å². The van der Waals surface area contributed by atoms with E-state index in [0.29, 0.717) is 44.7 Å². The number of fused-ring (bicyclic) bond motifs is 1. The second-order valence-corrected chi connectivity index (χ2v) is 7.35. The number of aryl methyl sites for hydroxylation is 1. The van der Waals surface area contributed by atoms with Crippen molar-refractivity contribution in [1.82, 2.24) is 15.1 Å². The third-order valence-electron chi connectivity index (χ3n) is 5.57. The van der Waals surface area contributed by atoms with Crippen molar-refractivity contribution in [3.05, 3.63) is 29.1 Å². The molecule has 1 unspecified atom stereocenters. The number of piperazine rings is 1. The number of likely N-dealkylation sites (tertiary alicyclic amines) is 1. The lowest BCUT2D eigenvalue weighted by molar-refractivity contribution is -0.135. The van der Waals surface area contributed by atoms with E-state index in [4.69, 9.17) is 0 Å². The summed E-state index contributed by atoms with van der Waals surface area (Å²) >= 11 is 0. The van der Waals surface area contributed by atoms with Crippen LogP contribution in [0.25, 0.3) is 0 Å². The van der Waals surface area contributed by atoms with Crippen molar-refractivity contribution in [1.29, 1.82) is 0 Å². The van der Waals surface area contributed by atoms with Crippen LogP contribution in [-0.4, -0.2) is 66.3 Å². The standard InChI is InChI=1S/C19H23FN4O3.ClH/c20-15-9-16-12(3-4-17(25)22-16)8-14(15)19(27)23-6-1-2-13(11-23)24-7-5-21-10-18(24)26;/h8-9,13,21H,1-7,10-11H2,(H,22,25);1H. The number of nitrogens with zero attached hydrogens (tertiary/aromatic N) is 2. The SMILES string of the molecule is Cl.O=C1CCc2cc(C(=O)N3CCCC(N4CCNCC4=O)C3)c(F)cc2N1. The van der Waals surface area contributed by atoms with Crippen molar-refractivity contribution < 1.29 is 18.8 Å². The first kappa shape index (κ1) is 20.5. The minimum Gasteiger partial charge on any atom is -0.336 e. The molecule has 3 aliphatic rings. The molecule has 0 aliphatic carbocycles. The predicted molar refractivity (Wildman–Crippen MR) is 104 cm³/mol. The highest BCUT2D eigenvalue weighted by Crippen LogP contribution is 2.27. The maximum atomic E-state index is 14.6. The Morgan fingerprint density at radius 1 is 1.18 bits per heavy atom. The zero-order valence-corrected chi connectivity index (χ0v) is 16.3. The molecule has 0 aromatic heterocycles. The lowest BCUT2D eigenvalue weighted by Gasteiger charge is -2.41. The smallest absolute Gasteiger partial charge is 0.256 e. The zero-order valence-electron chi connectivity index (χ0n) is 15.5. The van der Waals surface area contributed by atoms with Gasteiger partial charge in [-0.15, -0.1) is 12.4 Å². The summed E-state index contributed by atoms with van der Waals surface area (Å²) in [5.74, 6) is -1.06. The van der Waals surface area contributed by atoms with E-state index in [2.05, 4.69) is 10.6 Å². The van der Waals surface area contributed by atoms with E-state index in [-0.39, 0.29) is 41.7 Å². The van der Waals surface area contributed by atoms with E-state index in [1.807, 2.05) is 4.90 Å². The van der Waals surface area contributed by atoms with Crippen LogP contribution in [0, 0.1) is 5.82 Å². The maximum absolute atomic E-state index is 14.6. The zero-order chi connectivity index (χ0) is 19.0. The van der Waals surface area contributed by atoms with Gasteiger partial charge in [0.05, 0.1) is 12.1 Å². The molecule has 3 amide bonds. The maximum Gasteiger partial charge on any atom is 0.256 e. The Bertz CT molecular complexity index is 804. The third kappa shape index (κ3) is 3.98. The molecule has 0 spiro atoms. The van der Waals surface area contributed by atoms with Crippen LogP contribution in [0.15, 0.2) is 12.1 Å². The molecule has 7 nitrogen and oxygen atoms in total. The highest BCUT2D eigenvalue weighted by atomic mass is 35.5. The highest BCUT2D eigenvalue weighted by molar-refractivity contribution is 5.98. The van der Waals surface area contributed by atoms with Crippen LogP contribution < -0.4 is 10.6 Å². The molecule has 1 aromatic carbocycles. The van der Waals surface area contributed by atoms with E-state index < -0.39 is 5.82 Å². The lowest BCUT2D eigenvalue weighted by atomic mass is 9.98. The van der Waals surface area contributed by atoms with Gasteiger partial charge in [0.1, 0.15) is 5.82 Å². The number of carbonyl (C=O) groups is 3. The predicted octanol–water partition coefficient (Wildman–Crippen LogP) is 1.17. The molecule has 2 fully saturated rings. The van der Waals surface area contributed by atoms with Gasteiger partial charge in [0.15, 0.2) is 0 Å². The minimum absolute atomic E-state index is 0. The third-order valence-corrected chi connectivity index (χ3v) is 5.57. The number of nitrogens with one attached hydrogen (secondary N) is 2. The molecule has 0 bridgehead atoms. The van der Waals surface area contributed by atoms with E-state index in [1.54, 1.807) is 11.0 Å². The molecule has 2 saturated heterocycles. The Morgan fingerprint density at radius 2 is 2.00 bits per heavy atom. The highest BCUT2D eigenvalue weighted by Gasteiger charge is 2.33. The number of hydrogen-bond donors (Lipinski definition) is 2. The second-order valence-electron chi connectivity index (χ2n) is 7.35. The van der Waals surface area contributed by atoms with Crippen LogP contribution in [-0.2, 0) is 16.0 Å². The number of benzene rings is 1. The molecule has 28 heavy (non-hydrogen) atoms. The lowest BCUT2D eigenvalue weighted by Crippen LogP contribution is -2.57. The summed E-state index contributed by atoms with van der Waals surface area (Å²) in [5, 5.41) is 5.70. The van der Waals surface area contributed by atoms with Gasteiger partial charge >= 0.3 is 0 Å². The number of rotatable bonds is 2. The molecule has 152 valence electrons. The first-order valence-corrected chi connectivity index (χ1v) is 9.44. The molecule has 2 N–H and O–H groups in total. The first-order valence-electron chi connectivity index (χ1n) is 9.44. The van der Waals surface area contributed by atoms with Crippen LogP contribution in [0.5, 0.6) is 0 Å². The molecule has 4 rings (SSSR count). The summed E-state index contributed by atoms with van der Waals surface area (Å²) in [6.45, 7) is 2.70. The summed E-state index contributed by atoms with van der Waals surface area (Å²) in [7, 11) is 0. The van der Waals surface area contributed by atoms with Crippen LogP contribution in [0.4, 0.5) is 10.1 Å². The van der Waals surface area contributed by atoms with E-state index >= 15 is 0 Å². The molecule has 0 saturated carbocycles. The second kappa shape index (κ2) is 8.45. The van der Waals surface area contributed by atoms with Crippen molar-refractivity contribution in [2.24, 2.45) is 0 Å². The van der Waals surface area contributed by atoms with Gasteiger partial charge in [0, 0.05) is 44.3 Å². The Balaban J connectivity index is 0.00000225. The Kier molecular flexibility index (Phi) is 6.20. The Hall–Kier alpha value is -2.19. The van der Waals surface area contributed by atoms with Gasteiger partial charge in [-0.25, -0.2) is 4.39 Å². The van der Waals surface area contributed by atoms with Gasteiger partial charge in [-0.05, 0) is 37.0 Å².